The van der Waals surface area contributed by atoms with Crippen LogP contribution in [0.25, 0.3) is 6.08 Å². The van der Waals surface area contributed by atoms with Gasteiger partial charge in [-0.15, -0.1) is 0 Å². The van der Waals surface area contributed by atoms with Crippen LogP contribution in [0, 0.1) is 0 Å². The Morgan fingerprint density at radius 3 is 2.53 bits per heavy atom. The Morgan fingerprint density at radius 1 is 1.16 bits per heavy atom. The van der Waals surface area contributed by atoms with E-state index in [-0.39, 0.29) is 0 Å². The topological polar surface area (TPSA) is 12.0 Å². The molecule has 0 fully saturated rings. The fourth-order valence-corrected chi connectivity index (χ4v) is 2.05. The molecule has 0 amide bonds. The molecule has 1 aromatic carbocycles. The summed E-state index contributed by atoms with van der Waals surface area (Å²) in [6, 6.07) is 11.3. The van der Waals surface area contributed by atoms with Gasteiger partial charge in [0.05, 0.1) is 0 Å². The lowest BCUT2D eigenvalue weighted by molar-refractivity contribution is 0.551. The van der Waals surface area contributed by atoms with E-state index in [9.17, 15) is 0 Å². The zero-order valence-electron chi connectivity index (χ0n) is 12.8. The van der Waals surface area contributed by atoms with E-state index in [2.05, 4.69) is 62.5 Å². The van der Waals surface area contributed by atoms with Crippen molar-refractivity contribution in [2.24, 2.45) is 0 Å². The van der Waals surface area contributed by atoms with Crippen LogP contribution < -0.4 is 5.32 Å². The molecule has 1 heteroatoms. The van der Waals surface area contributed by atoms with Gasteiger partial charge in [0.25, 0.3) is 0 Å². The molecule has 0 saturated heterocycles. The van der Waals surface area contributed by atoms with Gasteiger partial charge < -0.3 is 5.32 Å². The van der Waals surface area contributed by atoms with Gasteiger partial charge in [-0.3, -0.25) is 0 Å². The van der Waals surface area contributed by atoms with Crippen LogP contribution in [0.4, 0.5) is 0 Å². The number of nitrogens with one attached hydrogen (secondary N) is 1. The van der Waals surface area contributed by atoms with Gasteiger partial charge in [0, 0.05) is 12.6 Å². The van der Waals surface area contributed by atoms with Crippen molar-refractivity contribution in [3.05, 3.63) is 41.5 Å². The summed E-state index contributed by atoms with van der Waals surface area (Å²) in [4.78, 5) is 0. The van der Waals surface area contributed by atoms with Crippen LogP contribution in [0.5, 0.6) is 0 Å². The average molecular weight is 259 g/mol. The second kappa shape index (κ2) is 9.80. The zero-order chi connectivity index (χ0) is 13.9. The fourth-order valence-electron chi connectivity index (χ4n) is 2.05. The Kier molecular flexibility index (Phi) is 8.24. The van der Waals surface area contributed by atoms with E-state index >= 15 is 0 Å². The molecule has 0 aliphatic heterocycles. The maximum atomic E-state index is 3.61. The second-order valence-electron chi connectivity index (χ2n) is 5.36. The van der Waals surface area contributed by atoms with Crippen LogP contribution in [0.15, 0.2) is 35.9 Å². The van der Waals surface area contributed by atoms with Crippen molar-refractivity contribution >= 4 is 6.08 Å². The molecular weight excluding hydrogens is 230 g/mol. The Hall–Kier alpha value is -1.08. The lowest BCUT2D eigenvalue weighted by Crippen LogP contribution is -2.27. The van der Waals surface area contributed by atoms with Gasteiger partial charge in [-0.1, -0.05) is 68.7 Å². The van der Waals surface area contributed by atoms with Crippen molar-refractivity contribution in [2.75, 3.05) is 6.54 Å². The predicted molar refractivity (Wildman–Crippen MR) is 86.3 cm³/mol. The largest absolute Gasteiger partial charge is 0.311 e. The molecular formula is C18H29N. The van der Waals surface area contributed by atoms with E-state index in [4.69, 9.17) is 0 Å². The molecule has 0 radical (unpaired) electrons. The summed E-state index contributed by atoms with van der Waals surface area (Å²) < 4.78 is 0. The second-order valence-corrected chi connectivity index (χ2v) is 5.36. The molecule has 0 spiro atoms. The summed E-state index contributed by atoms with van der Waals surface area (Å²) in [6.07, 6.45) is 8.68. The van der Waals surface area contributed by atoms with Gasteiger partial charge >= 0.3 is 0 Å². The lowest BCUT2D eigenvalue weighted by Gasteiger charge is -2.14. The van der Waals surface area contributed by atoms with E-state index in [1.54, 1.807) is 0 Å². The minimum atomic E-state index is 0.602. The first-order chi connectivity index (χ1) is 9.26. The summed E-state index contributed by atoms with van der Waals surface area (Å²) in [5.41, 5.74) is 2.85. The molecule has 1 rings (SSSR count). The van der Waals surface area contributed by atoms with E-state index in [1.165, 1.54) is 43.2 Å². The standard InChI is InChI=1S/C18H29N/c1-4-6-8-13-18(15-19-16(3)5-2)14-17-11-9-7-10-12-17/h7,9-12,14,16,19H,4-6,8,13,15H2,1-3H3. The number of unbranched alkanes of at least 4 members (excludes halogenated alkanes) is 2. The van der Waals surface area contributed by atoms with Crippen molar-refractivity contribution in [3.63, 3.8) is 0 Å². The Balaban J connectivity index is 2.60. The molecule has 1 atom stereocenters. The number of hydrogen-bond donors (Lipinski definition) is 1. The summed E-state index contributed by atoms with van der Waals surface area (Å²) >= 11 is 0. The van der Waals surface area contributed by atoms with E-state index in [0.717, 1.165) is 6.54 Å². The van der Waals surface area contributed by atoms with Crippen LogP contribution in [0.3, 0.4) is 0 Å². The average Bonchev–Trinajstić information content (AvgIpc) is 2.45. The quantitative estimate of drug-likeness (QED) is 0.613. The molecule has 0 bridgehead atoms. The molecule has 19 heavy (non-hydrogen) atoms. The van der Waals surface area contributed by atoms with Crippen LogP contribution in [-0.4, -0.2) is 12.6 Å². The summed E-state index contributed by atoms with van der Waals surface area (Å²) in [6.45, 7) is 7.77. The molecule has 0 aromatic heterocycles. The van der Waals surface area contributed by atoms with Crippen LogP contribution in [0.2, 0.25) is 0 Å². The third-order valence-electron chi connectivity index (χ3n) is 3.56. The van der Waals surface area contributed by atoms with Gasteiger partial charge in [-0.05, 0) is 31.7 Å². The highest BCUT2D eigenvalue weighted by atomic mass is 14.9. The molecule has 0 heterocycles. The maximum Gasteiger partial charge on any atom is 0.0170 e. The van der Waals surface area contributed by atoms with Gasteiger partial charge in [0.2, 0.25) is 0 Å². The van der Waals surface area contributed by atoms with Gasteiger partial charge in [-0.25, -0.2) is 0 Å². The van der Waals surface area contributed by atoms with E-state index in [1.807, 2.05) is 0 Å². The first kappa shape index (κ1) is 16.0. The highest BCUT2D eigenvalue weighted by Crippen LogP contribution is 2.13. The van der Waals surface area contributed by atoms with Crippen molar-refractivity contribution in [1.29, 1.82) is 0 Å². The fraction of sp³-hybridized carbons (Fsp3) is 0.556. The highest BCUT2D eigenvalue weighted by Gasteiger charge is 2.02. The Labute approximate surface area is 119 Å². The number of hydrogen-bond acceptors (Lipinski definition) is 1. The van der Waals surface area contributed by atoms with Crippen LogP contribution >= 0.6 is 0 Å². The zero-order valence-corrected chi connectivity index (χ0v) is 12.8. The SMILES string of the molecule is CCCCCC(=Cc1ccccc1)CNC(C)CC. The molecule has 1 N–H and O–H groups in total. The predicted octanol–water partition coefficient (Wildman–Crippen LogP) is 5.04. The Morgan fingerprint density at radius 2 is 1.89 bits per heavy atom. The monoisotopic (exact) mass is 259 g/mol. The third kappa shape index (κ3) is 7.17. The minimum absolute atomic E-state index is 0.602. The van der Waals surface area contributed by atoms with Crippen molar-refractivity contribution in [3.8, 4) is 0 Å². The van der Waals surface area contributed by atoms with E-state index < -0.39 is 0 Å². The molecule has 1 aromatic rings. The lowest BCUT2D eigenvalue weighted by atomic mass is 10.0. The minimum Gasteiger partial charge on any atom is -0.311 e. The summed E-state index contributed by atoms with van der Waals surface area (Å²) in [7, 11) is 0. The number of benzene rings is 1. The molecule has 0 aliphatic carbocycles. The van der Waals surface area contributed by atoms with Crippen LogP contribution in [0.1, 0.15) is 58.4 Å². The van der Waals surface area contributed by atoms with E-state index in [0.29, 0.717) is 6.04 Å². The molecule has 0 saturated carbocycles. The molecule has 1 unspecified atom stereocenters. The van der Waals surface area contributed by atoms with Gasteiger partial charge in [0.1, 0.15) is 0 Å². The Bertz CT molecular complexity index is 353. The summed E-state index contributed by atoms with van der Waals surface area (Å²) in [5.74, 6) is 0. The van der Waals surface area contributed by atoms with Crippen LogP contribution in [-0.2, 0) is 0 Å². The first-order valence-electron chi connectivity index (χ1n) is 7.74. The van der Waals surface area contributed by atoms with Gasteiger partial charge in [0.15, 0.2) is 0 Å². The normalized spacial score (nSPS) is 13.5. The third-order valence-corrected chi connectivity index (χ3v) is 3.56. The van der Waals surface area contributed by atoms with Crippen molar-refractivity contribution in [1.82, 2.24) is 5.32 Å². The first-order valence-corrected chi connectivity index (χ1v) is 7.74. The molecule has 0 aliphatic rings. The highest BCUT2D eigenvalue weighted by molar-refractivity contribution is 5.52. The van der Waals surface area contributed by atoms with Crippen molar-refractivity contribution < 1.29 is 0 Å². The van der Waals surface area contributed by atoms with Crippen molar-refractivity contribution in [2.45, 2.75) is 58.9 Å². The summed E-state index contributed by atoms with van der Waals surface area (Å²) in [5, 5.41) is 3.61. The molecule has 1 nitrogen and oxygen atoms in total. The van der Waals surface area contributed by atoms with Gasteiger partial charge in [-0.2, -0.15) is 0 Å². The smallest absolute Gasteiger partial charge is 0.0170 e. The maximum absolute atomic E-state index is 3.61. The number of rotatable bonds is 9. The molecule has 106 valence electrons.